The number of fused-ring (bicyclic) bond motifs is 1. The Morgan fingerprint density at radius 1 is 0.540 bits per heavy atom. The summed E-state index contributed by atoms with van der Waals surface area (Å²) in [6.07, 6.45) is -6.88. The van der Waals surface area contributed by atoms with Crippen LogP contribution in [0.4, 0.5) is 0 Å². The highest BCUT2D eigenvalue weighted by Gasteiger charge is 2.42. The Hall–Kier alpha value is -10.8. The van der Waals surface area contributed by atoms with Gasteiger partial charge in [-0.05, 0) is 80.7 Å². The minimum absolute atomic E-state index is 0.00738. The number of ketones is 3. The molecule has 0 unspecified atom stereocenters. The number of carbonyl (C=O) groups is 16. The minimum Gasteiger partial charge on any atom is -0.481 e. The van der Waals surface area contributed by atoms with Crippen LogP contribution in [0.1, 0.15) is 110 Å². The SMILES string of the molecule is CC(C)[C@@H]1NC(=O)[C@H](Cc2ccccc2)NC(=O)CSC[C@@H](C(=O)NCC(N)=O)NC(=O)[C@@H]2CCCN2C(=O)[C@H](C)CC(=O)[C@H](CCC(=O)O)NC(=O)[C@H](C)N(C)C(=O)[C@H](Cc2ccc(-c3ccccc3)cc2)NC(=O)[C@H](C)N(C)C(=O)[C@H](Cc2ccccc2)NC(=O)[C@H]([C@@H](C)O)CC(=O)[C@H]([C@@H](C)O)NC(=O)[C@H](CO)CC1=O. The van der Waals surface area contributed by atoms with E-state index in [4.69, 9.17) is 5.73 Å². The van der Waals surface area contributed by atoms with E-state index in [1.165, 1.54) is 46.7 Å². The molecule has 0 radical (unpaired) electrons. The molecule has 6 rings (SSSR count). The number of carboxylic acids is 1. The van der Waals surface area contributed by atoms with Crippen molar-refractivity contribution in [2.75, 3.05) is 45.3 Å². The van der Waals surface area contributed by atoms with E-state index < -0.39 is 242 Å². The van der Waals surface area contributed by atoms with Crippen LogP contribution in [0.15, 0.2) is 115 Å². The summed E-state index contributed by atoms with van der Waals surface area (Å²) in [7, 11) is 2.51. The summed E-state index contributed by atoms with van der Waals surface area (Å²) in [6, 6.07) is 18.3. The number of nitrogens with one attached hydrogen (secondary N) is 8. The van der Waals surface area contributed by atoms with Crippen LogP contribution in [-0.2, 0) is 96.0 Å². The number of aliphatic carboxylic acids is 1. The molecule has 15 atom stereocenters. The van der Waals surface area contributed by atoms with Crippen molar-refractivity contribution < 1.29 is 97.1 Å². The second-order valence-corrected chi connectivity index (χ2v) is 30.2. The third-order valence-electron chi connectivity index (χ3n) is 20.1. The van der Waals surface area contributed by atoms with Crippen molar-refractivity contribution >= 4 is 106 Å². The molecule has 14 N–H and O–H groups in total. The van der Waals surface area contributed by atoms with Gasteiger partial charge < -0.3 is 83.4 Å². The lowest BCUT2D eigenvalue weighted by Crippen LogP contribution is -2.59. The Labute approximate surface area is 660 Å². The van der Waals surface area contributed by atoms with Gasteiger partial charge in [-0.1, -0.05) is 136 Å². The quantitative estimate of drug-likeness (QED) is 0.0652. The van der Waals surface area contributed by atoms with Gasteiger partial charge in [0, 0.05) is 77.3 Å². The van der Waals surface area contributed by atoms with Crippen LogP contribution >= 0.6 is 11.8 Å². The van der Waals surface area contributed by atoms with Gasteiger partial charge in [-0.25, -0.2) is 0 Å². The van der Waals surface area contributed by atoms with Crippen molar-refractivity contribution in [1.29, 1.82) is 0 Å². The molecule has 612 valence electrons. The Balaban J connectivity index is 1.37. The van der Waals surface area contributed by atoms with Crippen LogP contribution < -0.4 is 48.3 Å². The fourth-order valence-electron chi connectivity index (χ4n) is 13.1. The van der Waals surface area contributed by atoms with Crippen molar-refractivity contribution in [1.82, 2.24) is 57.2 Å². The van der Waals surface area contributed by atoms with Crippen LogP contribution in [0.5, 0.6) is 0 Å². The van der Waals surface area contributed by atoms with Gasteiger partial charge in [0.15, 0.2) is 17.3 Å². The number of hydrogen-bond acceptors (Lipinski definition) is 20. The molecular weight excluding hydrogens is 1480 g/mol. The number of rotatable bonds is 17. The molecule has 0 aliphatic carbocycles. The monoisotopic (exact) mass is 1590 g/mol. The summed E-state index contributed by atoms with van der Waals surface area (Å²) in [4.78, 5) is 229. The van der Waals surface area contributed by atoms with Gasteiger partial charge in [0.2, 0.25) is 70.9 Å². The van der Waals surface area contributed by atoms with Crippen molar-refractivity contribution in [2.45, 2.75) is 185 Å². The van der Waals surface area contributed by atoms with E-state index in [9.17, 15) is 92.3 Å². The molecule has 4 aromatic rings. The predicted octanol–water partition coefficient (Wildman–Crippen LogP) is -0.171. The van der Waals surface area contributed by atoms with Crippen LogP contribution in [0.2, 0.25) is 0 Å². The van der Waals surface area contributed by atoms with Crippen LogP contribution in [0.3, 0.4) is 0 Å². The smallest absolute Gasteiger partial charge is 0.303 e. The highest BCUT2D eigenvalue weighted by Crippen LogP contribution is 2.26. The lowest BCUT2D eigenvalue weighted by atomic mass is 9.90. The molecule has 2 aliphatic heterocycles. The molecule has 0 saturated carbocycles. The number of likely N-dealkylation sites (N-methyl/N-ethyl adjacent to an activating group) is 2. The van der Waals surface area contributed by atoms with Gasteiger partial charge in [-0.2, -0.15) is 0 Å². The van der Waals surface area contributed by atoms with E-state index >= 15 is 4.79 Å². The Kier molecular flexibility index (Phi) is 35.4. The number of nitrogens with two attached hydrogens (primary N) is 1. The first-order valence-corrected chi connectivity index (χ1v) is 38.7. The number of Topliss-reactive ketones (excluding diaryl/α,β-unsaturated/α-hetero) is 3. The Morgan fingerprint density at radius 2 is 1.04 bits per heavy atom. The molecule has 0 bridgehead atoms. The van der Waals surface area contributed by atoms with Crippen molar-refractivity contribution in [3.05, 3.63) is 132 Å². The molecule has 2 fully saturated rings. The highest BCUT2D eigenvalue weighted by molar-refractivity contribution is 8.00. The van der Waals surface area contributed by atoms with E-state index in [-0.39, 0.29) is 44.4 Å². The normalized spacial score (nSPS) is 25.7. The Bertz CT molecular complexity index is 4020. The number of aliphatic hydroxyl groups excluding tert-OH is 3. The van der Waals surface area contributed by atoms with Crippen LogP contribution in [0.25, 0.3) is 11.1 Å². The molecule has 0 aromatic heterocycles. The number of aliphatic hydroxyl groups is 3. The van der Waals surface area contributed by atoms with E-state index in [1.54, 1.807) is 98.8 Å². The molecule has 4 aromatic carbocycles. The highest BCUT2D eigenvalue weighted by atomic mass is 32.2. The van der Waals surface area contributed by atoms with Crippen molar-refractivity contribution in [3.63, 3.8) is 0 Å². The number of hydrogen-bond donors (Lipinski definition) is 13. The summed E-state index contributed by atoms with van der Waals surface area (Å²) >= 11 is 0.820. The molecule has 32 nitrogen and oxygen atoms in total. The fourth-order valence-corrected chi connectivity index (χ4v) is 14.0. The lowest BCUT2D eigenvalue weighted by molar-refractivity contribution is -0.145. The molecule has 2 saturated heterocycles. The summed E-state index contributed by atoms with van der Waals surface area (Å²) in [5, 5.41) is 63.3. The zero-order valence-electron chi connectivity index (χ0n) is 65.0. The molecule has 2 heterocycles. The van der Waals surface area contributed by atoms with E-state index in [2.05, 4.69) is 42.5 Å². The average Bonchev–Trinajstić information content (AvgIpc) is 1.71. The average molecular weight is 1590 g/mol. The first kappa shape index (κ1) is 91.1. The van der Waals surface area contributed by atoms with Gasteiger partial charge in [-0.3, -0.25) is 76.7 Å². The van der Waals surface area contributed by atoms with Crippen LogP contribution in [-0.4, -0.2) is 247 Å². The largest absolute Gasteiger partial charge is 0.481 e. The third-order valence-corrected chi connectivity index (χ3v) is 21.1. The number of thioether (sulfide) groups is 1. The second kappa shape index (κ2) is 43.9. The maximum atomic E-state index is 15.0. The zero-order valence-corrected chi connectivity index (χ0v) is 65.8. The summed E-state index contributed by atoms with van der Waals surface area (Å²) in [6.45, 7) is 7.88. The summed E-state index contributed by atoms with van der Waals surface area (Å²) in [5.74, 6) is -20.7. The van der Waals surface area contributed by atoms with Gasteiger partial charge in [-0.15, -0.1) is 11.8 Å². The number of primary amides is 1. The number of carbonyl (C=O) groups excluding carboxylic acids is 15. The maximum absolute atomic E-state index is 15.0. The summed E-state index contributed by atoms with van der Waals surface area (Å²) < 4.78 is 0. The maximum Gasteiger partial charge on any atom is 0.303 e. The molecular formula is C80H106N12O20S. The van der Waals surface area contributed by atoms with Crippen molar-refractivity contribution in [3.8, 4) is 11.1 Å². The number of amides is 12. The molecule has 0 spiro atoms. The zero-order chi connectivity index (χ0) is 83.5. The third kappa shape index (κ3) is 27.3. The van der Waals surface area contributed by atoms with E-state index in [0.717, 1.165) is 39.6 Å². The fraction of sp³-hybridized carbons (Fsp3) is 0.500. The first-order chi connectivity index (χ1) is 53.5. The van der Waals surface area contributed by atoms with E-state index in [1.807, 2.05) is 30.3 Å². The van der Waals surface area contributed by atoms with Crippen LogP contribution in [0, 0.1) is 23.7 Å². The first-order valence-electron chi connectivity index (χ1n) is 37.6. The Morgan fingerprint density at radius 3 is 1.55 bits per heavy atom. The lowest BCUT2D eigenvalue weighted by Gasteiger charge is -2.33. The van der Waals surface area contributed by atoms with Gasteiger partial charge in [0.05, 0.1) is 55.0 Å². The molecule has 113 heavy (non-hydrogen) atoms. The number of benzene rings is 4. The molecule has 12 amide bonds. The number of carboxylic acid groups (broad SMARTS) is 1. The standard InChI is InChI=1S/C80H106N12O20S/c1-44(2)69-64(97)38-55(41-93)73(105)89-70(49(7)95)65(98)39-56(48(6)94)74(106)86-60(36-51-22-15-11-16-23-51)80(112)91(9)47(5)72(104)85-59(37-52-27-29-54(30-28-52)53-24-17-12-18-25-53)79(111)90(8)46(4)71(103)84-57(31-32-68(101)102)63(96)34-45(3)78(110)92-33-19-26-62(92)77(109)87-61(75(107)82-40-66(81)99)42-113-43-67(100)83-58(76(108)88-69)35-50-20-13-10-14-21-50/h10-18,20-25,27-30,44-49,55-62,69-70,93-95H,19,26,31-43H2,1-9H3,(H2,81,99)(H,82,107)(H,83,100)(H,84,103)(H,85,104)(H,86,106)(H,87,109)(H,88,108)(H,89,105)(H,101,102)/t45-,46+,47+,48-,49-,55+,56+,57+,58+,59+,60+,61+,62+,69+,70+/m1/s1. The topological polar surface area (TPSA) is 486 Å². The van der Waals surface area contributed by atoms with E-state index in [0.29, 0.717) is 16.7 Å². The van der Waals surface area contributed by atoms with Gasteiger partial charge >= 0.3 is 5.97 Å². The summed E-state index contributed by atoms with van der Waals surface area (Å²) in [5.41, 5.74) is 8.61. The molecule has 33 heteroatoms. The second-order valence-electron chi connectivity index (χ2n) is 29.2. The van der Waals surface area contributed by atoms with Crippen molar-refractivity contribution in [2.24, 2.45) is 29.4 Å². The minimum atomic E-state index is -1.83. The number of nitrogens with zero attached hydrogens (tertiary/aromatic N) is 3. The molecule has 2 aliphatic rings. The van der Waals surface area contributed by atoms with Gasteiger partial charge in [0.1, 0.15) is 48.3 Å². The predicted molar refractivity (Wildman–Crippen MR) is 415 cm³/mol. The van der Waals surface area contributed by atoms with Gasteiger partial charge in [0.25, 0.3) is 0 Å².